The predicted molar refractivity (Wildman–Crippen MR) is 178 cm³/mol. The van der Waals surface area contributed by atoms with E-state index in [2.05, 4.69) is 24.3 Å². The van der Waals surface area contributed by atoms with Gasteiger partial charge in [-0.2, -0.15) is 9.61 Å². The Hall–Kier alpha value is -4.11. The number of nitrogens with one attached hydrogen (secondary N) is 1. The molecule has 240 valence electrons. The Morgan fingerprint density at radius 3 is 2.42 bits per heavy atom. The van der Waals surface area contributed by atoms with Gasteiger partial charge in [0.1, 0.15) is 5.60 Å². The second-order valence-corrected chi connectivity index (χ2v) is 13.0. The van der Waals surface area contributed by atoms with Crippen molar-refractivity contribution < 1.29 is 14.3 Å². The molecule has 45 heavy (non-hydrogen) atoms. The van der Waals surface area contributed by atoms with Crippen molar-refractivity contribution in [2.24, 2.45) is 5.92 Å². The van der Waals surface area contributed by atoms with Gasteiger partial charge in [-0.3, -0.25) is 9.36 Å². The second-order valence-electron chi connectivity index (χ2n) is 12.6. The van der Waals surface area contributed by atoms with Gasteiger partial charge in [-0.1, -0.05) is 79.9 Å². The van der Waals surface area contributed by atoms with Crippen molar-refractivity contribution in [3.05, 3.63) is 104 Å². The summed E-state index contributed by atoms with van der Waals surface area (Å²) in [6.45, 7) is 14.2. The molecule has 0 saturated carbocycles. The average Bonchev–Trinajstić information content (AvgIpc) is 3.28. The highest BCUT2D eigenvalue weighted by Gasteiger charge is 2.33. The number of fused-ring (bicyclic) bond motifs is 1. The highest BCUT2D eigenvalue weighted by atomic mass is 35.5. The van der Waals surface area contributed by atoms with Crippen LogP contribution in [0.3, 0.4) is 0 Å². The maximum atomic E-state index is 14.4. The number of carbonyl (C=O) groups excluding carboxylic acids is 2. The fraction of sp³-hybridized carbons (Fsp3) is 0.429. The average molecular weight is 634 g/mol. The fourth-order valence-electron chi connectivity index (χ4n) is 5.46. The number of rotatable bonds is 11. The summed E-state index contributed by atoms with van der Waals surface area (Å²) in [6.07, 6.45) is 0.710. The maximum Gasteiger partial charge on any atom is 0.407 e. The van der Waals surface area contributed by atoms with Crippen LogP contribution in [0.15, 0.2) is 65.5 Å². The number of hydrogen-bond donors (Lipinski definition) is 1. The van der Waals surface area contributed by atoms with E-state index in [1.165, 1.54) is 4.52 Å². The van der Waals surface area contributed by atoms with Gasteiger partial charge in [0.25, 0.3) is 5.91 Å². The molecule has 0 spiro atoms. The van der Waals surface area contributed by atoms with Crippen LogP contribution in [0.5, 0.6) is 0 Å². The van der Waals surface area contributed by atoms with Crippen LogP contribution in [0.1, 0.15) is 86.4 Å². The van der Waals surface area contributed by atoms with E-state index in [4.69, 9.17) is 16.3 Å². The molecule has 0 bridgehead atoms. The molecule has 10 heteroatoms. The summed E-state index contributed by atoms with van der Waals surface area (Å²) in [6, 6.07) is 18.7. The molecule has 0 saturated heterocycles. The van der Waals surface area contributed by atoms with Crippen molar-refractivity contribution >= 4 is 29.1 Å². The minimum absolute atomic E-state index is 0.0377. The molecule has 0 aliphatic carbocycles. The van der Waals surface area contributed by atoms with E-state index in [1.807, 2.05) is 93.3 Å². The van der Waals surface area contributed by atoms with Crippen LogP contribution in [0.4, 0.5) is 4.79 Å². The lowest BCUT2D eigenvalue weighted by atomic mass is 9.92. The van der Waals surface area contributed by atoms with Gasteiger partial charge in [-0.05, 0) is 70.7 Å². The van der Waals surface area contributed by atoms with Crippen molar-refractivity contribution in [3.63, 3.8) is 0 Å². The largest absolute Gasteiger partial charge is 0.444 e. The van der Waals surface area contributed by atoms with E-state index >= 15 is 0 Å². The molecule has 1 N–H and O–H groups in total. The minimum atomic E-state index is -0.618. The molecule has 4 rings (SSSR count). The predicted octanol–water partition coefficient (Wildman–Crippen LogP) is 6.96. The molecule has 2 unspecified atom stereocenters. The second kappa shape index (κ2) is 14.3. The molecule has 0 aliphatic heterocycles. The summed E-state index contributed by atoms with van der Waals surface area (Å²) in [5, 5.41) is 7.65. The number of amides is 2. The van der Waals surface area contributed by atoms with Crippen LogP contribution in [0, 0.1) is 19.8 Å². The molecule has 0 radical (unpaired) electrons. The van der Waals surface area contributed by atoms with Gasteiger partial charge in [0.2, 0.25) is 0 Å². The Morgan fingerprint density at radius 2 is 1.78 bits per heavy atom. The zero-order chi connectivity index (χ0) is 32.9. The molecule has 0 fully saturated rings. The van der Waals surface area contributed by atoms with E-state index in [9.17, 15) is 14.4 Å². The van der Waals surface area contributed by atoms with E-state index in [1.54, 1.807) is 11.5 Å². The van der Waals surface area contributed by atoms with Crippen LogP contribution in [-0.4, -0.2) is 49.8 Å². The smallest absolute Gasteiger partial charge is 0.407 e. The third kappa shape index (κ3) is 8.14. The van der Waals surface area contributed by atoms with Crippen molar-refractivity contribution in [2.75, 3.05) is 13.1 Å². The van der Waals surface area contributed by atoms with Crippen molar-refractivity contribution in [1.82, 2.24) is 24.4 Å². The SMILES string of the molecule is CCC(C)C(c1cc2c(Cl)c(C)nn2c(=O)n1Cc1ccccc1)N(CCCNC(=O)OC(C)(C)C)C(=O)c1cccc(C)c1. The van der Waals surface area contributed by atoms with Crippen molar-refractivity contribution in [1.29, 1.82) is 0 Å². The number of benzene rings is 2. The number of aryl methyl sites for hydroxylation is 2. The first-order valence-electron chi connectivity index (χ1n) is 15.5. The van der Waals surface area contributed by atoms with Gasteiger partial charge in [-0.25, -0.2) is 9.59 Å². The van der Waals surface area contributed by atoms with E-state index in [0.29, 0.717) is 53.5 Å². The third-order valence-electron chi connectivity index (χ3n) is 7.80. The number of alkyl carbamates (subject to hydrolysis) is 1. The number of ether oxygens (including phenoxy) is 1. The number of hydrogen-bond acceptors (Lipinski definition) is 5. The Bertz CT molecular complexity index is 1710. The summed E-state index contributed by atoms with van der Waals surface area (Å²) in [4.78, 5) is 42.7. The van der Waals surface area contributed by atoms with Gasteiger partial charge in [0.15, 0.2) is 0 Å². The minimum Gasteiger partial charge on any atom is -0.444 e. The molecule has 2 aromatic heterocycles. The molecule has 2 aromatic carbocycles. The van der Waals surface area contributed by atoms with Gasteiger partial charge >= 0.3 is 11.8 Å². The number of carbonyl (C=O) groups is 2. The number of nitrogens with zero attached hydrogens (tertiary/aromatic N) is 4. The molecular weight excluding hydrogens is 590 g/mol. The first kappa shape index (κ1) is 33.8. The maximum absolute atomic E-state index is 14.4. The molecule has 9 nitrogen and oxygen atoms in total. The lowest BCUT2D eigenvalue weighted by Crippen LogP contribution is -2.43. The molecule has 0 aliphatic rings. The molecular formula is C35H44ClN5O4. The summed E-state index contributed by atoms with van der Waals surface area (Å²) in [7, 11) is 0. The van der Waals surface area contributed by atoms with Crippen molar-refractivity contribution in [3.8, 4) is 0 Å². The lowest BCUT2D eigenvalue weighted by Gasteiger charge is -2.37. The van der Waals surface area contributed by atoms with Crippen molar-refractivity contribution in [2.45, 2.75) is 79.5 Å². The van der Waals surface area contributed by atoms with Gasteiger partial charge in [0, 0.05) is 24.3 Å². The normalized spacial score (nSPS) is 13.0. The molecule has 2 amide bonds. The molecule has 4 aromatic rings. The zero-order valence-corrected chi connectivity index (χ0v) is 28.0. The Morgan fingerprint density at radius 1 is 1.07 bits per heavy atom. The summed E-state index contributed by atoms with van der Waals surface area (Å²) in [5.74, 6) is -0.195. The highest BCUT2D eigenvalue weighted by molar-refractivity contribution is 6.34. The Balaban J connectivity index is 1.84. The molecule has 2 heterocycles. The highest BCUT2D eigenvalue weighted by Crippen LogP contribution is 2.34. The fourth-order valence-corrected chi connectivity index (χ4v) is 5.63. The van der Waals surface area contributed by atoms with Crippen LogP contribution in [-0.2, 0) is 11.3 Å². The van der Waals surface area contributed by atoms with Gasteiger partial charge in [-0.15, -0.1) is 0 Å². The number of halogens is 1. The zero-order valence-electron chi connectivity index (χ0n) is 27.3. The Kier molecular flexibility index (Phi) is 10.8. The number of aromatic nitrogens is 3. The van der Waals surface area contributed by atoms with Crippen LogP contribution in [0.2, 0.25) is 5.02 Å². The third-order valence-corrected chi connectivity index (χ3v) is 8.27. The standard InChI is InChI=1S/C35H44ClN5O4/c1-8-24(3)31(29-21-28-30(36)25(4)38-41(28)34(44)40(29)22-26-15-10-9-11-16-26)39(32(42)27-17-12-14-23(2)20-27)19-13-18-37-33(43)45-35(5,6)7/h9-12,14-17,20-21,24,31H,8,13,18-19,22H2,1-7H3,(H,37,43). The van der Waals surface area contributed by atoms with Crippen LogP contribution < -0.4 is 11.0 Å². The van der Waals surface area contributed by atoms with E-state index < -0.39 is 17.7 Å². The molecule has 2 atom stereocenters. The summed E-state index contributed by atoms with van der Waals surface area (Å²) >= 11 is 6.69. The summed E-state index contributed by atoms with van der Waals surface area (Å²) < 4.78 is 8.45. The monoisotopic (exact) mass is 633 g/mol. The lowest BCUT2D eigenvalue weighted by molar-refractivity contribution is 0.0518. The van der Waals surface area contributed by atoms with Gasteiger partial charge in [0.05, 0.1) is 28.8 Å². The van der Waals surface area contributed by atoms with E-state index in [0.717, 1.165) is 17.5 Å². The van der Waals surface area contributed by atoms with Gasteiger partial charge < -0.3 is 15.0 Å². The van der Waals surface area contributed by atoms with Crippen LogP contribution in [0.25, 0.3) is 5.52 Å². The Labute approximate surface area is 270 Å². The first-order valence-corrected chi connectivity index (χ1v) is 15.9. The first-order chi connectivity index (χ1) is 21.3. The summed E-state index contributed by atoms with van der Waals surface area (Å²) in [5.41, 5.74) is 3.25. The topological polar surface area (TPSA) is 97.9 Å². The van der Waals surface area contributed by atoms with E-state index in [-0.39, 0.29) is 17.5 Å². The van der Waals surface area contributed by atoms with Crippen LogP contribution >= 0.6 is 11.6 Å². The quantitative estimate of drug-likeness (QED) is 0.180.